The van der Waals surface area contributed by atoms with Gasteiger partial charge in [-0.2, -0.15) is 0 Å². The van der Waals surface area contributed by atoms with Crippen molar-refractivity contribution in [2.75, 3.05) is 12.3 Å². The van der Waals surface area contributed by atoms with E-state index in [2.05, 4.69) is 9.97 Å². The molecule has 0 saturated heterocycles. The third-order valence-corrected chi connectivity index (χ3v) is 4.25. The van der Waals surface area contributed by atoms with Gasteiger partial charge < -0.3 is 10.5 Å². The van der Waals surface area contributed by atoms with E-state index in [0.717, 1.165) is 16.8 Å². The Labute approximate surface area is 144 Å². The van der Waals surface area contributed by atoms with E-state index in [4.69, 9.17) is 10.5 Å². The van der Waals surface area contributed by atoms with Crippen molar-refractivity contribution in [3.63, 3.8) is 0 Å². The van der Waals surface area contributed by atoms with E-state index in [-0.39, 0.29) is 5.69 Å². The summed E-state index contributed by atoms with van der Waals surface area (Å²) >= 11 is 1.37. The first-order chi connectivity index (χ1) is 11.7. The molecule has 0 radical (unpaired) electrons. The molecule has 24 heavy (non-hydrogen) atoms. The SMILES string of the molecule is CCCOC(=O)c1nc2ccccc2nc1Sc1ccc(N)cc1. The molecular weight excluding hydrogens is 322 g/mol. The molecule has 2 N–H and O–H groups in total. The van der Waals surface area contributed by atoms with Crippen LogP contribution in [0.4, 0.5) is 5.69 Å². The van der Waals surface area contributed by atoms with Crippen molar-refractivity contribution in [1.29, 1.82) is 0 Å². The molecule has 5 nitrogen and oxygen atoms in total. The predicted molar refractivity (Wildman–Crippen MR) is 95.1 cm³/mol. The lowest BCUT2D eigenvalue weighted by Gasteiger charge is -2.09. The molecule has 3 aromatic rings. The summed E-state index contributed by atoms with van der Waals surface area (Å²) in [6.07, 6.45) is 0.757. The standard InChI is InChI=1S/C18H17N3O2S/c1-2-11-23-18(22)16-17(24-13-9-7-12(19)8-10-13)21-15-6-4-3-5-14(15)20-16/h3-10H,2,11,19H2,1H3. The number of nitrogens with two attached hydrogens (primary N) is 1. The van der Waals surface area contributed by atoms with Crippen LogP contribution < -0.4 is 5.73 Å². The monoisotopic (exact) mass is 339 g/mol. The molecule has 3 rings (SSSR count). The van der Waals surface area contributed by atoms with Crippen molar-refractivity contribution >= 4 is 34.5 Å². The first-order valence-electron chi connectivity index (χ1n) is 7.64. The average molecular weight is 339 g/mol. The predicted octanol–water partition coefficient (Wildman–Crippen LogP) is 3.93. The Kier molecular flexibility index (Phi) is 4.96. The highest BCUT2D eigenvalue weighted by Gasteiger charge is 2.18. The van der Waals surface area contributed by atoms with Crippen LogP contribution in [0.1, 0.15) is 23.8 Å². The molecular formula is C18H17N3O2S. The number of ether oxygens (including phenoxy) is 1. The molecule has 0 fully saturated rings. The maximum absolute atomic E-state index is 12.4. The van der Waals surface area contributed by atoms with E-state index < -0.39 is 5.97 Å². The van der Waals surface area contributed by atoms with Crippen molar-refractivity contribution in [1.82, 2.24) is 9.97 Å². The number of fused-ring (bicyclic) bond motifs is 1. The van der Waals surface area contributed by atoms with Crippen LogP contribution in [-0.4, -0.2) is 22.5 Å². The number of rotatable bonds is 5. The summed E-state index contributed by atoms with van der Waals surface area (Å²) in [6.45, 7) is 2.31. The van der Waals surface area contributed by atoms with Gasteiger partial charge in [0.25, 0.3) is 0 Å². The second-order valence-corrected chi connectivity index (χ2v) is 6.24. The third kappa shape index (κ3) is 3.65. The van der Waals surface area contributed by atoms with E-state index in [1.807, 2.05) is 55.5 Å². The van der Waals surface area contributed by atoms with Gasteiger partial charge in [-0.05, 0) is 42.8 Å². The zero-order valence-corrected chi connectivity index (χ0v) is 14.0. The van der Waals surface area contributed by atoms with E-state index in [0.29, 0.717) is 22.8 Å². The van der Waals surface area contributed by atoms with Crippen LogP contribution in [-0.2, 0) is 4.74 Å². The summed E-state index contributed by atoms with van der Waals surface area (Å²) in [6, 6.07) is 14.9. The Balaban J connectivity index is 2.02. The van der Waals surface area contributed by atoms with E-state index in [1.54, 1.807) is 0 Å². The zero-order valence-electron chi connectivity index (χ0n) is 13.2. The fourth-order valence-electron chi connectivity index (χ4n) is 2.10. The van der Waals surface area contributed by atoms with Crippen molar-refractivity contribution in [3.8, 4) is 0 Å². The first-order valence-corrected chi connectivity index (χ1v) is 8.46. The number of carbonyl (C=O) groups is 1. The fraction of sp³-hybridized carbons (Fsp3) is 0.167. The summed E-state index contributed by atoms with van der Waals surface area (Å²) in [4.78, 5) is 22.3. The van der Waals surface area contributed by atoms with Crippen molar-refractivity contribution in [2.24, 2.45) is 0 Å². The van der Waals surface area contributed by atoms with Gasteiger partial charge in [-0.3, -0.25) is 0 Å². The molecule has 1 aromatic heterocycles. The second-order valence-electron chi connectivity index (χ2n) is 5.17. The summed E-state index contributed by atoms with van der Waals surface area (Å²) in [5, 5.41) is 0.527. The number of anilines is 1. The number of hydrogen-bond donors (Lipinski definition) is 1. The van der Waals surface area contributed by atoms with Gasteiger partial charge in [-0.25, -0.2) is 14.8 Å². The second kappa shape index (κ2) is 7.31. The molecule has 0 saturated carbocycles. The maximum atomic E-state index is 12.4. The van der Waals surface area contributed by atoms with Crippen molar-refractivity contribution in [3.05, 3.63) is 54.2 Å². The molecule has 6 heteroatoms. The van der Waals surface area contributed by atoms with E-state index in [1.165, 1.54) is 11.8 Å². The summed E-state index contributed by atoms with van der Waals surface area (Å²) in [7, 11) is 0. The minimum Gasteiger partial charge on any atom is -0.461 e. The van der Waals surface area contributed by atoms with Gasteiger partial charge >= 0.3 is 5.97 Å². The van der Waals surface area contributed by atoms with Gasteiger partial charge in [0.15, 0.2) is 5.69 Å². The highest BCUT2D eigenvalue weighted by molar-refractivity contribution is 7.99. The minimum atomic E-state index is -0.451. The summed E-state index contributed by atoms with van der Waals surface area (Å²) < 4.78 is 5.25. The fourth-order valence-corrected chi connectivity index (χ4v) is 2.96. The van der Waals surface area contributed by atoms with Gasteiger partial charge in [0, 0.05) is 10.6 Å². The van der Waals surface area contributed by atoms with Crippen LogP contribution in [0.2, 0.25) is 0 Å². The Morgan fingerprint density at radius 1 is 1.08 bits per heavy atom. The molecule has 0 amide bonds. The Morgan fingerprint density at radius 2 is 1.75 bits per heavy atom. The van der Waals surface area contributed by atoms with Gasteiger partial charge in [-0.15, -0.1) is 0 Å². The number of nitrogen functional groups attached to an aromatic ring is 1. The normalized spacial score (nSPS) is 10.7. The van der Waals surface area contributed by atoms with Crippen molar-refractivity contribution < 1.29 is 9.53 Å². The number of para-hydroxylation sites is 2. The topological polar surface area (TPSA) is 78.1 Å². The Bertz CT molecular complexity index is 866. The quantitative estimate of drug-likeness (QED) is 0.560. The maximum Gasteiger partial charge on any atom is 0.359 e. The molecule has 0 bridgehead atoms. The molecule has 0 aliphatic heterocycles. The smallest absolute Gasteiger partial charge is 0.359 e. The van der Waals surface area contributed by atoms with Crippen LogP contribution in [0.25, 0.3) is 11.0 Å². The van der Waals surface area contributed by atoms with E-state index >= 15 is 0 Å². The molecule has 0 atom stereocenters. The largest absolute Gasteiger partial charge is 0.461 e. The molecule has 122 valence electrons. The molecule has 0 spiro atoms. The minimum absolute atomic E-state index is 0.240. The van der Waals surface area contributed by atoms with Gasteiger partial charge in [0.1, 0.15) is 5.03 Å². The van der Waals surface area contributed by atoms with Crippen LogP contribution in [0.15, 0.2) is 58.5 Å². The number of esters is 1. The highest BCUT2D eigenvalue weighted by atomic mass is 32.2. The van der Waals surface area contributed by atoms with Crippen LogP contribution in [0, 0.1) is 0 Å². The number of benzene rings is 2. The number of aromatic nitrogens is 2. The lowest BCUT2D eigenvalue weighted by atomic mass is 10.3. The summed E-state index contributed by atoms with van der Waals surface area (Å²) in [5.74, 6) is -0.451. The lowest BCUT2D eigenvalue weighted by Crippen LogP contribution is -2.11. The molecule has 1 heterocycles. The lowest BCUT2D eigenvalue weighted by molar-refractivity contribution is 0.0493. The van der Waals surface area contributed by atoms with Crippen LogP contribution in [0.3, 0.4) is 0 Å². The van der Waals surface area contributed by atoms with Gasteiger partial charge in [0.05, 0.1) is 17.6 Å². The molecule has 0 aliphatic rings. The van der Waals surface area contributed by atoms with Crippen LogP contribution >= 0.6 is 11.8 Å². The van der Waals surface area contributed by atoms with Gasteiger partial charge in [0.2, 0.25) is 0 Å². The number of carbonyl (C=O) groups excluding carboxylic acids is 1. The van der Waals surface area contributed by atoms with E-state index in [9.17, 15) is 4.79 Å². The number of hydrogen-bond acceptors (Lipinski definition) is 6. The van der Waals surface area contributed by atoms with Gasteiger partial charge in [-0.1, -0.05) is 30.8 Å². The average Bonchev–Trinajstić information content (AvgIpc) is 2.61. The Morgan fingerprint density at radius 3 is 2.42 bits per heavy atom. The third-order valence-electron chi connectivity index (χ3n) is 3.26. The Hall–Kier alpha value is -2.60. The highest BCUT2D eigenvalue weighted by Crippen LogP contribution is 2.30. The molecule has 2 aromatic carbocycles. The molecule has 0 aliphatic carbocycles. The van der Waals surface area contributed by atoms with Crippen LogP contribution in [0.5, 0.6) is 0 Å². The summed E-state index contributed by atoms with van der Waals surface area (Å²) in [5.41, 5.74) is 8.05. The zero-order chi connectivity index (χ0) is 16.9. The first kappa shape index (κ1) is 16.3. The molecule has 0 unspecified atom stereocenters. The van der Waals surface area contributed by atoms with Crippen molar-refractivity contribution in [2.45, 2.75) is 23.3 Å². The number of nitrogens with zero attached hydrogens (tertiary/aromatic N) is 2.